The number of aliphatic imine (C=N–C) groups is 1. The minimum atomic E-state index is -3.65. The first kappa shape index (κ1) is 14.4. The molecule has 19 heavy (non-hydrogen) atoms. The molecule has 0 aromatic heterocycles. The van der Waals surface area contributed by atoms with Gasteiger partial charge in [-0.15, -0.1) is 0 Å². The van der Waals surface area contributed by atoms with Gasteiger partial charge >= 0.3 is 0 Å². The van der Waals surface area contributed by atoms with Crippen molar-refractivity contribution in [2.24, 2.45) is 4.99 Å². The molecule has 1 aliphatic rings. The molecule has 5 nitrogen and oxygen atoms in total. The summed E-state index contributed by atoms with van der Waals surface area (Å²) in [5.41, 5.74) is 0. The summed E-state index contributed by atoms with van der Waals surface area (Å²) in [5.74, 6) is 0. The predicted molar refractivity (Wildman–Crippen MR) is 73.8 cm³/mol. The van der Waals surface area contributed by atoms with E-state index in [1.807, 2.05) is 0 Å². The molecular formula is C12H13BrN2O3S. The molecule has 0 bridgehead atoms. The first-order chi connectivity index (χ1) is 9.07. The maximum absolute atomic E-state index is 12.6. The largest absolute Gasteiger partial charge is 0.246 e. The van der Waals surface area contributed by atoms with Gasteiger partial charge in [-0.05, 0) is 47.3 Å². The standard InChI is InChI=1S/C12H13BrN2O3S/c13-10-5-1-2-6-11(10)19(17,18)15-8-4-3-7-12(15)14-9-16/h1-2,5-6,12H,3-4,7-8H2. The second-order valence-corrected chi connectivity index (χ2v) is 6.96. The Kier molecular flexibility index (Phi) is 4.52. The van der Waals surface area contributed by atoms with Crippen molar-refractivity contribution >= 4 is 32.0 Å². The number of halogens is 1. The molecule has 1 aromatic carbocycles. The van der Waals surface area contributed by atoms with E-state index in [-0.39, 0.29) is 4.90 Å². The lowest BCUT2D eigenvalue weighted by Crippen LogP contribution is -2.42. The molecule has 1 saturated heterocycles. The van der Waals surface area contributed by atoms with Crippen molar-refractivity contribution in [3.8, 4) is 0 Å². The molecule has 1 fully saturated rings. The fourth-order valence-corrected chi connectivity index (χ4v) is 4.70. The summed E-state index contributed by atoms with van der Waals surface area (Å²) >= 11 is 3.24. The summed E-state index contributed by atoms with van der Waals surface area (Å²) in [6.07, 6.45) is 3.01. The third-order valence-electron chi connectivity index (χ3n) is 3.05. The summed E-state index contributed by atoms with van der Waals surface area (Å²) in [5, 5.41) is 0. The van der Waals surface area contributed by atoms with E-state index in [1.165, 1.54) is 16.5 Å². The molecule has 0 radical (unpaired) electrons. The van der Waals surface area contributed by atoms with Crippen LogP contribution in [0.3, 0.4) is 0 Å². The van der Waals surface area contributed by atoms with Crippen LogP contribution in [0.4, 0.5) is 0 Å². The van der Waals surface area contributed by atoms with Crippen molar-refractivity contribution in [2.45, 2.75) is 30.3 Å². The second-order valence-electron chi connectivity index (χ2n) is 4.24. The van der Waals surface area contributed by atoms with Crippen molar-refractivity contribution < 1.29 is 13.2 Å². The van der Waals surface area contributed by atoms with E-state index in [0.717, 1.165) is 12.8 Å². The molecule has 2 rings (SSSR count). The van der Waals surface area contributed by atoms with Crippen LogP contribution >= 0.6 is 15.9 Å². The second kappa shape index (κ2) is 5.96. The third-order valence-corrected chi connectivity index (χ3v) is 5.96. The van der Waals surface area contributed by atoms with E-state index < -0.39 is 16.2 Å². The Morgan fingerprint density at radius 3 is 2.74 bits per heavy atom. The molecule has 1 unspecified atom stereocenters. The van der Waals surface area contributed by atoms with Crippen molar-refractivity contribution in [3.05, 3.63) is 28.7 Å². The zero-order chi connectivity index (χ0) is 13.9. The maximum Gasteiger partial charge on any atom is 0.246 e. The average molecular weight is 345 g/mol. The van der Waals surface area contributed by atoms with Crippen molar-refractivity contribution in [1.29, 1.82) is 0 Å². The van der Waals surface area contributed by atoms with Crippen LogP contribution < -0.4 is 0 Å². The first-order valence-electron chi connectivity index (χ1n) is 5.90. The highest BCUT2D eigenvalue weighted by atomic mass is 79.9. The zero-order valence-corrected chi connectivity index (χ0v) is 12.5. The zero-order valence-electron chi connectivity index (χ0n) is 10.1. The number of carbonyl (C=O) groups excluding carboxylic acids is 1. The summed E-state index contributed by atoms with van der Waals surface area (Å²) in [6.45, 7) is 0.375. The number of nitrogens with zero attached hydrogens (tertiary/aromatic N) is 2. The van der Waals surface area contributed by atoms with Crippen LogP contribution in [0.15, 0.2) is 38.6 Å². The van der Waals surface area contributed by atoms with Gasteiger partial charge in [0.05, 0.1) is 4.90 Å². The molecule has 1 aromatic rings. The number of hydrogen-bond donors (Lipinski definition) is 0. The lowest BCUT2D eigenvalue weighted by Gasteiger charge is -2.31. The molecule has 1 heterocycles. The van der Waals surface area contributed by atoms with Crippen LogP contribution in [0, 0.1) is 0 Å². The van der Waals surface area contributed by atoms with E-state index in [4.69, 9.17) is 0 Å². The molecule has 0 spiro atoms. The molecule has 7 heteroatoms. The Balaban J connectivity index is 2.43. The Bertz CT molecular complexity index is 611. The van der Waals surface area contributed by atoms with Crippen molar-refractivity contribution in [1.82, 2.24) is 4.31 Å². The normalized spacial score (nSPS) is 20.8. The number of piperidine rings is 1. The molecule has 1 aliphatic heterocycles. The molecular weight excluding hydrogens is 332 g/mol. The SMILES string of the molecule is O=C=NC1CCCCN1S(=O)(=O)c1ccccc1Br. The maximum atomic E-state index is 12.6. The van der Waals surface area contributed by atoms with Gasteiger partial charge in [0.25, 0.3) is 0 Å². The summed E-state index contributed by atoms with van der Waals surface area (Å²) in [7, 11) is -3.65. The van der Waals surface area contributed by atoms with Crippen LogP contribution in [0.5, 0.6) is 0 Å². The fourth-order valence-electron chi connectivity index (χ4n) is 2.14. The molecule has 0 amide bonds. The minimum absolute atomic E-state index is 0.197. The average Bonchev–Trinajstić information content (AvgIpc) is 2.40. The number of benzene rings is 1. The van der Waals surface area contributed by atoms with E-state index >= 15 is 0 Å². The third kappa shape index (κ3) is 2.95. The van der Waals surface area contributed by atoms with Gasteiger partial charge in [-0.25, -0.2) is 13.2 Å². The molecule has 0 N–H and O–H groups in total. The van der Waals surface area contributed by atoms with E-state index in [0.29, 0.717) is 17.4 Å². The quantitative estimate of drug-likeness (QED) is 0.624. The van der Waals surface area contributed by atoms with Gasteiger partial charge in [-0.3, -0.25) is 0 Å². The van der Waals surface area contributed by atoms with Gasteiger partial charge in [-0.1, -0.05) is 12.1 Å². The lowest BCUT2D eigenvalue weighted by molar-refractivity contribution is 0.259. The van der Waals surface area contributed by atoms with Gasteiger partial charge < -0.3 is 0 Å². The predicted octanol–water partition coefficient (Wildman–Crippen LogP) is 2.29. The fraction of sp³-hybridized carbons (Fsp3) is 0.417. The van der Waals surface area contributed by atoms with Gasteiger partial charge in [0.2, 0.25) is 16.1 Å². The Labute approximate surface area is 120 Å². The van der Waals surface area contributed by atoms with Crippen LogP contribution in [0.25, 0.3) is 0 Å². The smallest absolute Gasteiger partial charge is 0.211 e. The Morgan fingerprint density at radius 2 is 2.05 bits per heavy atom. The molecule has 0 aliphatic carbocycles. The van der Waals surface area contributed by atoms with Crippen molar-refractivity contribution in [3.63, 3.8) is 0 Å². The summed E-state index contributed by atoms with van der Waals surface area (Å²) in [4.78, 5) is 14.2. The summed E-state index contributed by atoms with van der Waals surface area (Å²) < 4.78 is 27.0. The minimum Gasteiger partial charge on any atom is -0.211 e. The lowest BCUT2D eigenvalue weighted by atomic mass is 10.1. The molecule has 0 saturated carbocycles. The van der Waals surface area contributed by atoms with Crippen LogP contribution in [-0.4, -0.2) is 31.5 Å². The van der Waals surface area contributed by atoms with Gasteiger partial charge in [-0.2, -0.15) is 9.30 Å². The Morgan fingerprint density at radius 1 is 1.32 bits per heavy atom. The van der Waals surface area contributed by atoms with E-state index in [2.05, 4.69) is 20.9 Å². The van der Waals surface area contributed by atoms with E-state index in [1.54, 1.807) is 18.2 Å². The van der Waals surface area contributed by atoms with Gasteiger partial charge in [0.1, 0.15) is 6.17 Å². The summed E-state index contributed by atoms with van der Waals surface area (Å²) in [6, 6.07) is 6.63. The van der Waals surface area contributed by atoms with Crippen molar-refractivity contribution in [2.75, 3.05) is 6.54 Å². The van der Waals surface area contributed by atoms with Gasteiger partial charge in [0, 0.05) is 11.0 Å². The van der Waals surface area contributed by atoms with Gasteiger partial charge in [0.15, 0.2) is 0 Å². The topological polar surface area (TPSA) is 66.8 Å². The highest BCUT2D eigenvalue weighted by Crippen LogP contribution is 2.29. The molecule has 102 valence electrons. The Hall–Kier alpha value is -1.01. The van der Waals surface area contributed by atoms with E-state index in [9.17, 15) is 13.2 Å². The number of rotatable bonds is 3. The first-order valence-corrected chi connectivity index (χ1v) is 8.14. The van der Waals surface area contributed by atoms with Crippen LogP contribution in [-0.2, 0) is 14.8 Å². The highest BCUT2D eigenvalue weighted by molar-refractivity contribution is 9.10. The highest BCUT2D eigenvalue weighted by Gasteiger charge is 2.34. The number of sulfonamides is 1. The molecule has 1 atom stereocenters. The monoisotopic (exact) mass is 344 g/mol. The van der Waals surface area contributed by atoms with Crippen LogP contribution in [0.1, 0.15) is 19.3 Å². The number of isocyanates is 1. The van der Waals surface area contributed by atoms with Crippen LogP contribution in [0.2, 0.25) is 0 Å². The number of hydrogen-bond acceptors (Lipinski definition) is 4.